The number of fused-ring (bicyclic) bond motifs is 4. The van der Waals surface area contributed by atoms with Crippen LogP contribution in [0.1, 0.15) is 68.3 Å². The highest BCUT2D eigenvalue weighted by molar-refractivity contribution is 5.71. The zero-order valence-corrected chi connectivity index (χ0v) is 16.2. The molecule has 1 aromatic heterocycles. The summed E-state index contributed by atoms with van der Waals surface area (Å²) in [4.78, 5) is 23.1. The van der Waals surface area contributed by atoms with Crippen LogP contribution in [0, 0.1) is 0 Å². The average molecular weight is 365 g/mol. The summed E-state index contributed by atoms with van der Waals surface area (Å²) in [7, 11) is 0. The molecule has 0 radical (unpaired) electrons. The van der Waals surface area contributed by atoms with Gasteiger partial charge in [-0.15, -0.1) is 0 Å². The van der Waals surface area contributed by atoms with Crippen LogP contribution in [0.2, 0.25) is 0 Å². The van der Waals surface area contributed by atoms with Gasteiger partial charge in [0.1, 0.15) is 6.54 Å². The van der Waals surface area contributed by atoms with E-state index in [-0.39, 0.29) is 11.0 Å². The molecule has 2 fully saturated rings. The van der Waals surface area contributed by atoms with Crippen LogP contribution in [0.15, 0.2) is 29.1 Å². The Labute approximate surface area is 161 Å². The van der Waals surface area contributed by atoms with Gasteiger partial charge in [0.15, 0.2) is 5.82 Å². The van der Waals surface area contributed by atoms with Crippen molar-refractivity contribution in [3.05, 3.63) is 51.6 Å². The zero-order valence-electron chi connectivity index (χ0n) is 16.2. The van der Waals surface area contributed by atoms with Crippen molar-refractivity contribution in [2.45, 2.75) is 69.7 Å². The molecule has 142 valence electrons. The predicted octanol–water partition coefficient (Wildman–Crippen LogP) is 2.76. The molecule has 1 saturated heterocycles. The molecule has 2 aromatic rings. The van der Waals surface area contributed by atoms with Crippen LogP contribution in [0.25, 0.3) is 11.3 Å². The molecule has 3 aliphatic rings. The van der Waals surface area contributed by atoms with Crippen LogP contribution in [0.5, 0.6) is 0 Å². The third-order valence-corrected chi connectivity index (χ3v) is 7.09. The third kappa shape index (κ3) is 3.04. The number of nitrogens with zero attached hydrogens (tertiary/aromatic N) is 1. The molecule has 5 rings (SSSR count). The van der Waals surface area contributed by atoms with Crippen molar-refractivity contribution in [2.75, 3.05) is 13.1 Å². The van der Waals surface area contributed by atoms with Gasteiger partial charge in [-0.25, -0.2) is 4.98 Å². The quantitative estimate of drug-likeness (QED) is 0.861. The summed E-state index contributed by atoms with van der Waals surface area (Å²) in [6, 6.07) is 8.62. The van der Waals surface area contributed by atoms with Crippen molar-refractivity contribution < 1.29 is 4.90 Å². The molecule has 4 heteroatoms. The lowest BCUT2D eigenvalue weighted by Crippen LogP contribution is -3.11. The molecule has 0 amide bonds. The van der Waals surface area contributed by atoms with E-state index in [0.717, 1.165) is 42.9 Å². The van der Waals surface area contributed by atoms with Crippen molar-refractivity contribution in [2.24, 2.45) is 0 Å². The number of benzene rings is 1. The van der Waals surface area contributed by atoms with E-state index >= 15 is 0 Å². The number of quaternary nitrogens is 1. The summed E-state index contributed by atoms with van der Waals surface area (Å²) in [5, 5.41) is 0. The molecule has 0 unspecified atom stereocenters. The molecular formula is C23H30N3O+. The minimum atomic E-state index is -0.000961. The fourth-order valence-corrected chi connectivity index (χ4v) is 5.77. The SMILES string of the molecule is O=c1[nH]c(C[NH+]2CCCCC2)nc2c1C1(CCCCC1)Cc1ccccc1-2. The molecule has 1 aromatic carbocycles. The van der Waals surface area contributed by atoms with Crippen LogP contribution in [-0.2, 0) is 18.4 Å². The van der Waals surface area contributed by atoms with E-state index in [1.807, 2.05) is 0 Å². The van der Waals surface area contributed by atoms with Gasteiger partial charge in [-0.1, -0.05) is 43.5 Å². The monoisotopic (exact) mass is 364 g/mol. The number of hydrogen-bond donors (Lipinski definition) is 2. The molecule has 1 spiro atoms. The minimum absolute atomic E-state index is 0.000961. The molecule has 0 bridgehead atoms. The zero-order chi connectivity index (χ0) is 18.3. The van der Waals surface area contributed by atoms with E-state index in [1.54, 1.807) is 4.90 Å². The minimum Gasteiger partial charge on any atom is -0.329 e. The normalized spacial score (nSPS) is 21.6. The Morgan fingerprint density at radius 2 is 1.74 bits per heavy atom. The number of piperidine rings is 1. The first-order chi connectivity index (χ1) is 13.3. The fourth-order valence-electron chi connectivity index (χ4n) is 5.77. The van der Waals surface area contributed by atoms with E-state index in [9.17, 15) is 4.79 Å². The van der Waals surface area contributed by atoms with Crippen LogP contribution < -0.4 is 10.5 Å². The van der Waals surface area contributed by atoms with Gasteiger partial charge in [0.2, 0.25) is 0 Å². The molecule has 1 aliphatic heterocycles. The Kier molecular flexibility index (Phi) is 4.39. The molecular weight excluding hydrogens is 334 g/mol. The van der Waals surface area contributed by atoms with E-state index in [4.69, 9.17) is 4.98 Å². The first kappa shape index (κ1) is 17.2. The van der Waals surface area contributed by atoms with Crippen molar-refractivity contribution in [1.29, 1.82) is 0 Å². The summed E-state index contributed by atoms with van der Waals surface area (Å²) >= 11 is 0. The van der Waals surface area contributed by atoms with Gasteiger partial charge in [0.25, 0.3) is 5.56 Å². The first-order valence-corrected chi connectivity index (χ1v) is 10.8. The number of H-pyrrole nitrogens is 1. The Balaban J connectivity index is 1.61. The van der Waals surface area contributed by atoms with Crippen LogP contribution in [0.4, 0.5) is 0 Å². The highest BCUT2D eigenvalue weighted by atomic mass is 16.1. The maximum absolute atomic E-state index is 13.3. The second-order valence-electron chi connectivity index (χ2n) is 8.90. The maximum atomic E-state index is 13.3. The Morgan fingerprint density at radius 1 is 1.00 bits per heavy atom. The topological polar surface area (TPSA) is 50.2 Å². The smallest absolute Gasteiger partial charge is 0.255 e. The summed E-state index contributed by atoms with van der Waals surface area (Å²) in [5.74, 6) is 0.873. The molecule has 1 saturated carbocycles. The van der Waals surface area contributed by atoms with Crippen molar-refractivity contribution in [3.8, 4) is 11.3 Å². The highest BCUT2D eigenvalue weighted by Gasteiger charge is 2.42. The summed E-state index contributed by atoms with van der Waals surface area (Å²) in [6.45, 7) is 3.24. The van der Waals surface area contributed by atoms with Crippen LogP contribution >= 0.6 is 0 Å². The lowest BCUT2D eigenvalue weighted by Gasteiger charge is -2.41. The van der Waals surface area contributed by atoms with Gasteiger partial charge in [0.05, 0.1) is 24.3 Å². The van der Waals surface area contributed by atoms with Gasteiger partial charge in [-0.3, -0.25) is 4.79 Å². The number of hydrogen-bond acceptors (Lipinski definition) is 2. The van der Waals surface area contributed by atoms with E-state index < -0.39 is 0 Å². The number of aromatic nitrogens is 2. The molecule has 2 N–H and O–H groups in total. The van der Waals surface area contributed by atoms with Crippen LogP contribution in [-0.4, -0.2) is 23.1 Å². The van der Waals surface area contributed by atoms with E-state index in [2.05, 4.69) is 29.2 Å². The fraction of sp³-hybridized carbons (Fsp3) is 0.565. The second-order valence-corrected chi connectivity index (χ2v) is 8.90. The summed E-state index contributed by atoms with van der Waals surface area (Å²) in [5.41, 5.74) is 4.65. The highest BCUT2D eigenvalue weighted by Crippen LogP contribution is 2.48. The molecule has 4 nitrogen and oxygen atoms in total. The maximum Gasteiger partial charge on any atom is 0.255 e. The van der Waals surface area contributed by atoms with E-state index in [0.29, 0.717) is 0 Å². The Morgan fingerprint density at radius 3 is 2.56 bits per heavy atom. The van der Waals surface area contributed by atoms with Crippen molar-refractivity contribution in [3.63, 3.8) is 0 Å². The Hall–Kier alpha value is -1.94. The standard InChI is InChI=1S/C23H29N3O/c27-22-20-21(24-19(25-22)16-26-13-7-2-8-14-26)18-10-4-3-9-17(18)15-23(20)11-5-1-6-12-23/h3-4,9-10H,1-2,5-8,11-16H2,(H,24,25,27)/p+1. The molecule has 2 aliphatic carbocycles. The number of likely N-dealkylation sites (tertiary alicyclic amines) is 1. The lowest BCUT2D eigenvalue weighted by molar-refractivity contribution is -0.919. The third-order valence-electron chi connectivity index (χ3n) is 7.09. The lowest BCUT2D eigenvalue weighted by atomic mass is 9.62. The van der Waals surface area contributed by atoms with E-state index in [1.165, 1.54) is 62.7 Å². The van der Waals surface area contributed by atoms with Gasteiger partial charge in [-0.05, 0) is 44.1 Å². The van der Waals surface area contributed by atoms with Gasteiger partial charge in [0, 0.05) is 11.0 Å². The molecule has 27 heavy (non-hydrogen) atoms. The largest absolute Gasteiger partial charge is 0.329 e. The number of nitrogens with one attached hydrogen (secondary N) is 2. The number of aromatic amines is 1. The average Bonchev–Trinajstić information content (AvgIpc) is 2.69. The second kappa shape index (κ2) is 6.90. The van der Waals surface area contributed by atoms with Crippen molar-refractivity contribution in [1.82, 2.24) is 9.97 Å². The van der Waals surface area contributed by atoms with Gasteiger partial charge < -0.3 is 9.88 Å². The predicted molar refractivity (Wildman–Crippen MR) is 107 cm³/mol. The summed E-state index contributed by atoms with van der Waals surface area (Å²) in [6.07, 6.45) is 10.9. The summed E-state index contributed by atoms with van der Waals surface area (Å²) < 4.78 is 0. The van der Waals surface area contributed by atoms with Crippen LogP contribution in [0.3, 0.4) is 0 Å². The van der Waals surface area contributed by atoms with Gasteiger partial charge in [-0.2, -0.15) is 0 Å². The van der Waals surface area contributed by atoms with Crippen molar-refractivity contribution >= 4 is 0 Å². The number of rotatable bonds is 2. The molecule has 2 heterocycles. The first-order valence-electron chi connectivity index (χ1n) is 10.8. The van der Waals surface area contributed by atoms with Gasteiger partial charge >= 0.3 is 0 Å². The Bertz CT molecular complexity index is 889. The molecule has 0 atom stereocenters.